The van der Waals surface area contributed by atoms with Crippen LogP contribution in [-0.2, 0) is 11.3 Å². The Labute approximate surface area is 142 Å². The largest absolute Gasteiger partial charge is 0.494 e. The third kappa shape index (κ3) is 4.68. The summed E-state index contributed by atoms with van der Waals surface area (Å²) in [7, 11) is 3.21. The van der Waals surface area contributed by atoms with Gasteiger partial charge in [-0.15, -0.1) is 0 Å². The van der Waals surface area contributed by atoms with Crippen LogP contribution in [0.25, 0.3) is 0 Å². The predicted molar refractivity (Wildman–Crippen MR) is 88.9 cm³/mol. The zero-order valence-electron chi connectivity index (χ0n) is 14.3. The third-order valence-corrected chi connectivity index (χ3v) is 4.38. The molecule has 5 nitrogen and oxygen atoms in total. The van der Waals surface area contributed by atoms with Crippen LogP contribution < -0.4 is 10.1 Å². The smallest absolute Gasteiger partial charge is 0.235 e. The zero-order valence-corrected chi connectivity index (χ0v) is 14.3. The molecule has 1 fully saturated rings. The second kappa shape index (κ2) is 8.11. The van der Waals surface area contributed by atoms with Gasteiger partial charge in [-0.1, -0.05) is 25.3 Å². The van der Waals surface area contributed by atoms with E-state index in [1.54, 1.807) is 24.1 Å². The van der Waals surface area contributed by atoms with Gasteiger partial charge in [0.25, 0.3) is 0 Å². The van der Waals surface area contributed by atoms with E-state index in [4.69, 9.17) is 4.74 Å². The van der Waals surface area contributed by atoms with Crippen molar-refractivity contribution < 1.29 is 13.9 Å². The number of nitriles is 1. The minimum Gasteiger partial charge on any atom is -0.494 e. The van der Waals surface area contributed by atoms with Gasteiger partial charge in [-0.25, -0.2) is 4.39 Å². The fourth-order valence-electron chi connectivity index (χ4n) is 3.15. The van der Waals surface area contributed by atoms with Crippen LogP contribution in [0.1, 0.15) is 37.7 Å². The van der Waals surface area contributed by atoms with Crippen molar-refractivity contribution in [2.24, 2.45) is 0 Å². The summed E-state index contributed by atoms with van der Waals surface area (Å²) < 4.78 is 18.6. The minimum absolute atomic E-state index is 0.164. The van der Waals surface area contributed by atoms with Gasteiger partial charge in [0.15, 0.2) is 11.6 Å². The normalized spacial score (nSPS) is 16.5. The number of rotatable bonds is 6. The lowest BCUT2D eigenvalue weighted by molar-refractivity contribution is -0.123. The van der Waals surface area contributed by atoms with Gasteiger partial charge in [0.05, 0.1) is 19.7 Å². The Bertz CT molecular complexity index is 621. The Morgan fingerprint density at radius 2 is 2.12 bits per heavy atom. The first kappa shape index (κ1) is 18.2. The highest BCUT2D eigenvalue weighted by molar-refractivity contribution is 5.79. The molecule has 1 N–H and O–H groups in total. The number of hydrogen-bond acceptors (Lipinski definition) is 4. The SMILES string of the molecule is COc1ccc(CN(C)CC(=O)NC2(C#N)CCCCC2)cc1F. The van der Waals surface area contributed by atoms with Crippen LogP contribution >= 0.6 is 0 Å². The Balaban J connectivity index is 1.89. The molecule has 0 aromatic heterocycles. The summed E-state index contributed by atoms with van der Waals surface area (Å²) in [5.41, 5.74) is 0.0406. The van der Waals surface area contributed by atoms with Crippen LogP contribution in [0.2, 0.25) is 0 Å². The standard InChI is InChI=1S/C18H24FN3O2/c1-22(11-14-6-7-16(24-2)15(19)10-14)12-17(23)21-18(13-20)8-4-3-5-9-18/h6-7,10H,3-5,8-9,11-12H2,1-2H3,(H,21,23). The molecule has 1 aromatic carbocycles. The Kier molecular flexibility index (Phi) is 6.16. The average molecular weight is 333 g/mol. The van der Waals surface area contributed by atoms with Crippen LogP contribution in [0.5, 0.6) is 5.75 Å². The molecular formula is C18H24FN3O2. The number of nitrogens with one attached hydrogen (secondary N) is 1. The molecule has 130 valence electrons. The van der Waals surface area contributed by atoms with Crippen molar-refractivity contribution in [3.8, 4) is 11.8 Å². The number of nitrogens with zero attached hydrogens (tertiary/aromatic N) is 2. The highest BCUT2D eigenvalue weighted by atomic mass is 19.1. The third-order valence-electron chi connectivity index (χ3n) is 4.38. The van der Waals surface area contributed by atoms with Crippen molar-refractivity contribution in [3.05, 3.63) is 29.6 Å². The van der Waals surface area contributed by atoms with E-state index in [9.17, 15) is 14.4 Å². The van der Waals surface area contributed by atoms with Crippen LogP contribution in [-0.4, -0.2) is 37.0 Å². The molecule has 0 bridgehead atoms. The molecule has 1 aliphatic rings. The first-order chi connectivity index (χ1) is 11.5. The van der Waals surface area contributed by atoms with E-state index < -0.39 is 11.4 Å². The molecule has 0 spiro atoms. The van der Waals surface area contributed by atoms with Gasteiger partial charge in [0, 0.05) is 6.54 Å². The summed E-state index contributed by atoms with van der Waals surface area (Å²) in [5, 5.41) is 12.3. The fraction of sp³-hybridized carbons (Fsp3) is 0.556. The van der Waals surface area contributed by atoms with Crippen LogP contribution in [0.15, 0.2) is 18.2 Å². The van der Waals surface area contributed by atoms with Gasteiger partial charge in [-0.3, -0.25) is 9.69 Å². The molecule has 24 heavy (non-hydrogen) atoms. The summed E-state index contributed by atoms with van der Waals surface area (Å²) in [6.07, 6.45) is 4.47. The van der Waals surface area contributed by atoms with E-state index in [0.29, 0.717) is 19.4 Å². The molecule has 0 saturated heterocycles. The van der Waals surface area contributed by atoms with Crippen molar-refractivity contribution in [1.29, 1.82) is 5.26 Å². The summed E-state index contributed by atoms with van der Waals surface area (Å²) in [4.78, 5) is 14.0. The van der Waals surface area contributed by atoms with Crippen LogP contribution in [0, 0.1) is 17.1 Å². The molecule has 1 aromatic rings. The Morgan fingerprint density at radius 1 is 1.42 bits per heavy atom. The molecular weight excluding hydrogens is 309 g/mol. The lowest BCUT2D eigenvalue weighted by Gasteiger charge is -2.32. The molecule has 1 aliphatic carbocycles. The molecule has 0 aliphatic heterocycles. The van der Waals surface area contributed by atoms with Crippen molar-refractivity contribution in [2.45, 2.75) is 44.2 Å². The summed E-state index contributed by atoms with van der Waals surface area (Å²) in [6.45, 7) is 0.602. The Hall–Kier alpha value is -2.13. The molecule has 0 atom stereocenters. The minimum atomic E-state index is -0.720. The highest BCUT2D eigenvalue weighted by Crippen LogP contribution is 2.27. The number of likely N-dealkylation sites (N-methyl/N-ethyl adjacent to an activating group) is 1. The van der Waals surface area contributed by atoms with Gasteiger partial charge in [-0.05, 0) is 37.6 Å². The highest BCUT2D eigenvalue weighted by Gasteiger charge is 2.33. The monoisotopic (exact) mass is 333 g/mol. The Morgan fingerprint density at radius 3 is 2.71 bits per heavy atom. The van der Waals surface area contributed by atoms with E-state index in [-0.39, 0.29) is 18.2 Å². The quantitative estimate of drug-likeness (QED) is 0.869. The molecule has 0 heterocycles. The van der Waals surface area contributed by atoms with Gasteiger partial charge < -0.3 is 10.1 Å². The van der Waals surface area contributed by atoms with Crippen LogP contribution in [0.4, 0.5) is 4.39 Å². The average Bonchev–Trinajstić information content (AvgIpc) is 2.55. The van der Waals surface area contributed by atoms with E-state index in [0.717, 1.165) is 24.8 Å². The number of amides is 1. The predicted octanol–water partition coefficient (Wildman–Crippen LogP) is 2.61. The zero-order chi connectivity index (χ0) is 17.6. The maximum Gasteiger partial charge on any atom is 0.235 e. The molecule has 0 radical (unpaired) electrons. The molecule has 2 rings (SSSR count). The van der Waals surface area contributed by atoms with Crippen molar-refractivity contribution in [3.63, 3.8) is 0 Å². The number of ether oxygens (including phenoxy) is 1. The van der Waals surface area contributed by atoms with Gasteiger partial charge >= 0.3 is 0 Å². The molecule has 1 amide bonds. The van der Waals surface area contributed by atoms with Gasteiger partial charge in [0.1, 0.15) is 5.54 Å². The number of halogens is 1. The van der Waals surface area contributed by atoms with E-state index in [1.807, 2.05) is 0 Å². The first-order valence-electron chi connectivity index (χ1n) is 8.21. The number of benzene rings is 1. The maximum absolute atomic E-state index is 13.7. The topological polar surface area (TPSA) is 65.4 Å². The molecule has 1 saturated carbocycles. The summed E-state index contributed by atoms with van der Waals surface area (Å²) in [5.74, 6) is -0.388. The van der Waals surface area contributed by atoms with Crippen molar-refractivity contribution in [2.75, 3.05) is 20.7 Å². The number of hydrogen-bond donors (Lipinski definition) is 1. The maximum atomic E-state index is 13.7. The van der Waals surface area contributed by atoms with Crippen molar-refractivity contribution in [1.82, 2.24) is 10.2 Å². The van der Waals surface area contributed by atoms with E-state index in [2.05, 4.69) is 11.4 Å². The number of carbonyl (C=O) groups excluding carboxylic acids is 1. The molecule has 0 unspecified atom stereocenters. The van der Waals surface area contributed by atoms with Crippen LogP contribution in [0.3, 0.4) is 0 Å². The van der Waals surface area contributed by atoms with Crippen molar-refractivity contribution >= 4 is 5.91 Å². The fourth-order valence-corrected chi connectivity index (χ4v) is 3.15. The lowest BCUT2D eigenvalue weighted by atomic mass is 9.83. The molecule has 6 heteroatoms. The van der Waals surface area contributed by atoms with Gasteiger partial charge in [-0.2, -0.15) is 5.26 Å². The number of carbonyl (C=O) groups is 1. The summed E-state index contributed by atoms with van der Waals surface area (Å²) in [6, 6.07) is 7.03. The van der Waals surface area contributed by atoms with E-state index in [1.165, 1.54) is 13.2 Å². The summed E-state index contributed by atoms with van der Waals surface area (Å²) >= 11 is 0. The first-order valence-corrected chi connectivity index (χ1v) is 8.21. The second-order valence-electron chi connectivity index (χ2n) is 6.44. The van der Waals surface area contributed by atoms with E-state index >= 15 is 0 Å². The van der Waals surface area contributed by atoms with Gasteiger partial charge in [0.2, 0.25) is 5.91 Å². The number of methoxy groups -OCH3 is 1. The second-order valence-corrected chi connectivity index (χ2v) is 6.44. The lowest BCUT2D eigenvalue weighted by Crippen LogP contribution is -2.51.